The van der Waals surface area contributed by atoms with Gasteiger partial charge in [-0.3, -0.25) is 9.59 Å². The quantitative estimate of drug-likeness (QED) is 0.747. The predicted molar refractivity (Wildman–Crippen MR) is 69.6 cm³/mol. The summed E-state index contributed by atoms with van der Waals surface area (Å²) in [7, 11) is 0. The molecule has 100 valence electrons. The number of thiazole rings is 1. The van der Waals surface area contributed by atoms with E-state index < -0.39 is 12.0 Å². The predicted octanol–water partition coefficient (Wildman–Crippen LogP) is 1.26. The molecule has 4 N–H and O–H groups in total. The van der Waals surface area contributed by atoms with Gasteiger partial charge in [-0.2, -0.15) is 0 Å². The Balaban J connectivity index is 2.78. The number of rotatable bonds is 5. The van der Waals surface area contributed by atoms with Crippen molar-refractivity contribution < 1.29 is 14.7 Å². The van der Waals surface area contributed by atoms with Gasteiger partial charge in [-0.05, 0) is 12.8 Å². The van der Waals surface area contributed by atoms with Gasteiger partial charge >= 0.3 is 5.97 Å². The van der Waals surface area contributed by atoms with E-state index in [9.17, 15) is 9.59 Å². The van der Waals surface area contributed by atoms with Gasteiger partial charge in [-0.25, -0.2) is 4.98 Å². The van der Waals surface area contributed by atoms with E-state index in [4.69, 9.17) is 10.8 Å². The van der Waals surface area contributed by atoms with Crippen LogP contribution in [0.1, 0.15) is 35.6 Å². The maximum absolute atomic E-state index is 12.0. The van der Waals surface area contributed by atoms with Crippen LogP contribution in [0, 0.1) is 12.8 Å². The second-order valence-corrected chi connectivity index (χ2v) is 5.42. The van der Waals surface area contributed by atoms with Crippen molar-refractivity contribution >= 4 is 28.3 Å². The number of nitrogens with two attached hydrogens (primary N) is 1. The first kappa shape index (κ1) is 14.4. The molecule has 18 heavy (non-hydrogen) atoms. The number of carbonyl (C=O) groups excluding carboxylic acids is 1. The molecule has 0 saturated carbocycles. The van der Waals surface area contributed by atoms with Crippen LogP contribution in [-0.2, 0) is 4.79 Å². The van der Waals surface area contributed by atoms with E-state index in [0.717, 1.165) is 11.3 Å². The summed E-state index contributed by atoms with van der Waals surface area (Å²) in [5.74, 6) is -1.22. The number of anilines is 1. The first-order chi connectivity index (χ1) is 8.31. The fourth-order valence-corrected chi connectivity index (χ4v) is 2.24. The standard InChI is InChI=1S/C11H17N3O3S/c1-5(2)7(4-8(15)16)14-10(17)9-6(3)13-11(12)18-9/h5,7H,4H2,1-3H3,(H2,12,13)(H,14,17)(H,15,16). The Morgan fingerprint density at radius 3 is 2.50 bits per heavy atom. The van der Waals surface area contributed by atoms with Crippen LogP contribution in [0.25, 0.3) is 0 Å². The van der Waals surface area contributed by atoms with Crippen LogP contribution in [0.5, 0.6) is 0 Å². The monoisotopic (exact) mass is 271 g/mol. The Morgan fingerprint density at radius 1 is 1.50 bits per heavy atom. The van der Waals surface area contributed by atoms with Crippen molar-refractivity contribution in [2.45, 2.75) is 33.2 Å². The lowest BCUT2D eigenvalue weighted by Crippen LogP contribution is -2.40. The van der Waals surface area contributed by atoms with Gasteiger partial charge in [-0.1, -0.05) is 25.2 Å². The second-order valence-electron chi connectivity index (χ2n) is 4.39. The van der Waals surface area contributed by atoms with Gasteiger partial charge in [0.05, 0.1) is 12.1 Å². The molecule has 1 aromatic rings. The van der Waals surface area contributed by atoms with E-state index in [2.05, 4.69) is 10.3 Å². The van der Waals surface area contributed by atoms with Crippen molar-refractivity contribution in [1.29, 1.82) is 0 Å². The van der Waals surface area contributed by atoms with Crippen LogP contribution in [0.4, 0.5) is 5.13 Å². The molecular weight excluding hydrogens is 254 g/mol. The fraction of sp³-hybridized carbons (Fsp3) is 0.545. The first-order valence-corrected chi connectivity index (χ1v) is 6.38. The third-order valence-electron chi connectivity index (χ3n) is 2.54. The van der Waals surface area contributed by atoms with E-state index in [1.54, 1.807) is 6.92 Å². The maximum atomic E-state index is 12.0. The zero-order chi connectivity index (χ0) is 13.9. The molecule has 1 heterocycles. The Kier molecular flexibility index (Phi) is 4.66. The number of carboxylic acid groups (broad SMARTS) is 1. The second kappa shape index (κ2) is 5.81. The van der Waals surface area contributed by atoms with Crippen LogP contribution in [0.2, 0.25) is 0 Å². The van der Waals surface area contributed by atoms with Gasteiger partial charge in [0.1, 0.15) is 4.88 Å². The molecule has 1 atom stereocenters. The van der Waals surface area contributed by atoms with Crippen molar-refractivity contribution in [3.63, 3.8) is 0 Å². The molecular formula is C11H17N3O3S. The molecule has 0 saturated heterocycles. The summed E-state index contributed by atoms with van der Waals surface area (Å²) < 4.78 is 0. The highest BCUT2D eigenvalue weighted by Crippen LogP contribution is 2.20. The zero-order valence-electron chi connectivity index (χ0n) is 10.6. The highest BCUT2D eigenvalue weighted by Gasteiger charge is 2.22. The lowest BCUT2D eigenvalue weighted by Gasteiger charge is -2.20. The summed E-state index contributed by atoms with van der Waals surface area (Å²) in [6.07, 6.45) is -0.100. The average Bonchev–Trinajstić information content (AvgIpc) is 2.56. The van der Waals surface area contributed by atoms with E-state index in [0.29, 0.717) is 15.7 Å². The molecule has 1 rings (SSSR count). The normalized spacial score (nSPS) is 12.4. The van der Waals surface area contributed by atoms with Crippen LogP contribution in [0.15, 0.2) is 0 Å². The van der Waals surface area contributed by atoms with Gasteiger partial charge in [0.15, 0.2) is 5.13 Å². The molecule has 0 fully saturated rings. The van der Waals surface area contributed by atoms with E-state index in [-0.39, 0.29) is 18.2 Å². The van der Waals surface area contributed by atoms with Crippen LogP contribution < -0.4 is 11.1 Å². The number of hydrogen-bond donors (Lipinski definition) is 3. The van der Waals surface area contributed by atoms with Gasteiger partial charge < -0.3 is 16.2 Å². The number of nitrogens with zero attached hydrogens (tertiary/aromatic N) is 1. The van der Waals surface area contributed by atoms with Crippen LogP contribution >= 0.6 is 11.3 Å². The van der Waals surface area contributed by atoms with Crippen molar-refractivity contribution in [2.75, 3.05) is 5.73 Å². The Morgan fingerprint density at radius 2 is 2.11 bits per heavy atom. The van der Waals surface area contributed by atoms with Crippen molar-refractivity contribution in [2.24, 2.45) is 5.92 Å². The molecule has 1 unspecified atom stereocenters. The number of carboxylic acids is 1. The molecule has 0 aliphatic heterocycles. The van der Waals surface area contributed by atoms with Crippen molar-refractivity contribution in [1.82, 2.24) is 10.3 Å². The molecule has 1 amide bonds. The molecule has 0 radical (unpaired) electrons. The number of aryl methyl sites for hydroxylation is 1. The Bertz CT molecular complexity index is 456. The fourth-order valence-electron chi connectivity index (χ4n) is 1.50. The lowest BCUT2D eigenvalue weighted by molar-refractivity contribution is -0.137. The minimum atomic E-state index is -0.936. The number of nitrogen functional groups attached to an aromatic ring is 1. The molecule has 6 nitrogen and oxygen atoms in total. The molecule has 0 aliphatic rings. The van der Waals surface area contributed by atoms with Crippen LogP contribution in [-0.4, -0.2) is 28.0 Å². The SMILES string of the molecule is Cc1nc(N)sc1C(=O)NC(CC(=O)O)C(C)C. The Hall–Kier alpha value is -1.63. The molecule has 1 aromatic heterocycles. The number of aromatic nitrogens is 1. The minimum Gasteiger partial charge on any atom is -0.481 e. The summed E-state index contributed by atoms with van der Waals surface area (Å²) in [6.45, 7) is 5.42. The molecule has 0 bridgehead atoms. The van der Waals surface area contributed by atoms with E-state index >= 15 is 0 Å². The topological polar surface area (TPSA) is 105 Å². The highest BCUT2D eigenvalue weighted by molar-refractivity contribution is 7.17. The van der Waals surface area contributed by atoms with E-state index in [1.165, 1.54) is 0 Å². The lowest BCUT2D eigenvalue weighted by atomic mass is 10.0. The number of carbonyl (C=O) groups is 2. The van der Waals surface area contributed by atoms with Crippen LogP contribution in [0.3, 0.4) is 0 Å². The molecule has 0 aliphatic carbocycles. The molecule has 0 aromatic carbocycles. The average molecular weight is 271 g/mol. The largest absolute Gasteiger partial charge is 0.481 e. The third kappa shape index (κ3) is 3.69. The summed E-state index contributed by atoms with van der Waals surface area (Å²) in [6, 6.07) is -0.405. The minimum absolute atomic E-state index is 0.0376. The first-order valence-electron chi connectivity index (χ1n) is 5.56. The zero-order valence-corrected chi connectivity index (χ0v) is 11.4. The van der Waals surface area contributed by atoms with Gasteiger partial charge in [-0.15, -0.1) is 0 Å². The summed E-state index contributed by atoms with van der Waals surface area (Å²) in [5, 5.41) is 11.8. The maximum Gasteiger partial charge on any atom is 0.305 e. The van der Waals surface area contributed by atoms with Gasteiger partial charge in [0.25, 0.3) is 5.91 Å². The summed E-state index contributed by atoms with van der Waals surface area (Å²) in [4.78, 5) is 27.1. The van der Waals surface area contributed by atoms with Gasteiger partial charge in [0, 0.05) is 6.04 Å². The Labute approximate surface area is 109 Å². The molecule has 0 spiro atoms. The van der Waals surface area contributed by atoms with Crippen molar-refractivity contribution in [3.8, 4) is 0 Å². The number of nitrogens with one attached hydrogen (secondary N) is 1. The number of hydrogen-bond acceptors (Lipinski definition) is 5. The summed E-state index contributed by atoms with van der Waals surface area (Å²) in [5.41, 5.74) is 6.08. The number of amides is 1. The van der Waals surface area contributed by atoms with E-state index in [1.807, 2.05) is 13.8 Å². The van der Waals surface area contributed by atoms with Gasteiger partial charge in [0.2, 0.25) is 0 Å². The summed E-state index contributed by atoms with van der Waals surface area (Å²) >= 11 is 1.10. The highest BCUT2D eigenvalue weighted by atomic mass is 32.1. The number of aliphatic carboxylic acids is 1. The van der Waals surface area contributed by atoms with Crippen molar-refractivity contribution in [3.05, 3.63) is 10.6 Å². The molecule has 7 heteroatoms. The smallest absolute Gasteiger partial charge is 0.305 e. The third-order valence-corrected chi connectivity index (χ3v) is 3.52.